The molecule has 4 rings (SSSR count). The molecule has 2 aromatic rings. The van der Waals surface area contributed by atoms with E-state index in [1.807, 2.05) is 30.5 Å². The Morgan fingerprint density at radius 3 is 3.07 bits per heavy atom. The first-order valence-electron chi connectivity index (χ1n) is 10.2. The molecule has 1 unspecified atom stereocenters. The van der Waals surface area contributed by atoms with Crippen LogP contribution in [0.2, 0.25) is 0 Å². The first-order valence-corrected chi connectivity index (χ1v) is 10.2. The molecule has 0 spiro atoms. The average molecular weight is 400 g/mol. The molecule has 3 heterocycles. The number of nitrogens with zero attached hydrogens (tertiary/aromatic N) is 2. The summed E-state index contributed by atoms with van der Waals surface area (Å²) in [5.74, 6) is 0.886. The molecular weight excluding hydrogens is 376 g/mol. The topological polar surface area (TPSA) is 93.0 Å². The number of carbonyl (C=O) groups is 1. The molecule has 0 fully saturated rings. The molecule has 6 heteroatoms. The Hall–Kier alpha value is -3.47. The minimum absolute atomic E-state index is 0.209. The van der Waals surface area contributed by atoms with Crippen molar-refractivity contribution in [3.8, 4) is 0 Å². The van der Waals surface area contributed by atoms with Gasteiger partial charge in [-0.1, -0.05) is 11.8 Å². The van der Waals surface area contributed by atoms with Gasteiger partial charge in [-0.2, -0.15) is 0 Å². The highest BCUT2D eigenvalue weighted by atomic mass is 16.3. The van der Waals surface area contributed by atoms with Crippen molar-refractivity contribution in [2.75, 3.05) is 6.54 Å². The van der Waals surface area contributed by atoms with Crippen molar-refractivity contribution in [1.29, 1.82) is 0 Å². The van der Waals surface area contributed by atoms with Gasteiger partial charge in [0.05, 0.1) is 23.8 Å². The van der Waals surface area contributed by atoms with Crippen LogP contribution in [0.5, 0.6) is 0 Å². The van der Waals surface area contributed by atoms with Crippen molar-refractivity contribution in [2.24, 2.45) is 21.6 Å². The lowest BCUT2D eigenvalue weighted by molar-refractivity contribution is 0.0967. The number of allylic oxidation sites excluding steroid dienone is 2. The van der Waals surface area contributed by atoms with Gasteiger partial charge in [-0.3, -0.25) is 9.79 Å². The summed E-state index contributed by atoms with van der Waals surface area (Å²) in [6.07, 6.45) is 12.7. The monoisotopic (exact) mass is 400 g/mol. The van der Waals surface area contributed by atoms with Gasteiger partial charge in [-0.05, 0) is 80.1 Å². The quantitative estimate of drug-likeness (QED) is 0.716. The maximum Gasteiger partial charge on any atom is 0.256 e. The second kappa shape index (κ2) is 9.35. The van der Waals surface area contributed by atoms with E-state index >= 15 is 0 Å². The highest BCUT2D eigenvalue weighted by Crippen LogP contribution is 2.28. The molecule has 0 saturated heterocycles. The zero-order valence-corrected chi connectivity index (χ0v) is 16.7. The normalized spacial score (nSPS) is 17.6. The molecule has 2 aliphatic heterocycles. The minimum atomic E-state index is -0.209. The Morgan fingerprint density at radius 2 is 2.23 bits per heavy atom. The summed E-state index contributed by atoms with van der Waals surface area (Å²) in [7, 11) is 0. The van der Waals surface area contributed by atoms with Gasteiger partial charge in [0.15, 0.2) is 5.76 Å². The molecular formula is C24H24N4O2. The molecule has 6 nitrogen and oxygen atoms in total. The van der Waals surface area contributed by atoms with Crippen LogP contribution in [0.15, 0.2) is 80.8 Å². The van der Waals surface area contributed by atoms with Gasteiger partial charge in [0, 0.05) is 11.8 Å². The first kappa shape index (κ1) is 19.8. The van der Waals surface area contributed by atoms with Crippen LogP contribution in [0.4, 0.5) is 5.69 Å². The fourth-order valence-electron chi connectivity index (χ4n) is 3.50. The Bertz CT molecular complexity index is 1070. The van der Waals surface area contributed by atoms with E-state index in [0.717, 1.165) is 31.4 Å². The molecule has 152 valence electrons. The van der Waals surface area contributed by atoms with E-state index in [0.29, 0.717) is 35.2 Å². The Balaban J connectivity index is 1.44. The molecule has 1 atom stereocenters. The van der Waals surface area contributed by atoms with E-state index in [9.17, 15) is 4.79 Å². The summed E-state index contributed by atoms with van der Waals surface area (Å²) in [5, 5.41) is 2.88. The third kappa shape index (κ3) is 4.74. The van der Waals surface area contributed by atoms with Crippen LogP contribution < -0.4 is 11.1 Å². The van der Waals surface area contributed by atoms with Crippen molar-refractivity contribution in [3.05, 3.63) is 83.3 Å². The van der Waals surface area contributed by atoms with Gasteiger partial charge < -0.3 is 15.5 Å². The summed E-state index contributed by atoms with van der Waals surface area (Å²) in [5.41, 5.74) is 12.4. The number of aliphatic imine (C=N–C) groups is 2. The second-order valence-corrected chi connectivity index (χ2v) is 7.32. The van der Waals surface area contributed by atoms with E-state index in [1.165, 1.54) is 11.8 Å². The number of amides is 1. The fraction of sp³-hybridized carbons (Fsp3) is 0.250. The SMILES string of the molecule is NCCCC1C=Nc2cc(C(=O)NC3=C=CN=C(c4ccco4)C=C3)ccc2CC1. The minimum Gasteiger partial charge on any atom is -0.463 e. The molecule has 0 radical (unpaired) electrons. The number of hydrogen-bond acceptors (Lipinski definition) is 5. The lowest BCUT2D eigenvalue weighted by Gasteiger charge is -2.09. The molecule has 1 aromatic carbocycles. The third-order valence-corrected chi connectivity index (χ3v) is 5.19. The summed E-state index contributed by atoms with van der Waals surface area (Å²) < 4.78 is 5.36. The number of nitrogens with one attached hydrogen (secondary N) is 1. The van der Waals surface area contributed by atoms with E-state index in [2.05, 4.69) is 21.0 Å². The highest BCUT2D eigenvalue weighted by Gasteiger charge is 2.15. The van der Waals surface area contributed by atoms with E-state index in [4.69, 9.17) is 10.2 Å². The van der Waals surface area contributed by atoms with Crippen molar-refractivity contribution in [3.63, 3.8) is 0 Å². The standard InChI is InChI=1S/C24H24N4O2/c25-12-1-3-17-5-6-18-7-8-19(15-22(18)27-16-17)24(29)28-20-9-10-21(26-13-11-20)23-4-2-14-30-23/h2,4,7-10,13-17H,1,3,5-6,12,25H2,(H,28,29). The van der Waals surface area contributed by atoms with E-state index in [-0.39, 0.29) is 5.91 Å². The molecule has 1 aromatic heterocycles. The highest BCUT2D eigenvalue weighted by molar-refractivity contribution is 6.07. The number of benzene rings is 1. The van der Waals surface area contributed by atoms with Crippen LogP contribution in [0, 0.1) is 5.92 Å². The summed E-state index contributed by atoms with van der Waals surface area (Å²) in [6.45, 7) is 0.703. The third-order valence-electron chi connectivity index (χ3n) is 5.19. The molecule has 0 saturated carbocycles. The van der Waals surface area contributed by atoms with E-state index in [1.54, 1.807) is 24.5 Å². The Labute approximate surface area is 175 Å². The number of furan rings is 1. The number of hydrogen-bond donors (Lipinski definition) is 2. The number of aryl methyl sites for hydroxylation is 1. The van der Waals surface area contributed by atoms with Crippen molar-refractivity contribution in [1.82, 2.24) is 5.32 Å². The van der Waals surface area contributed by atoms with Gasteiger partial charge in [0.25, 0.3) is 5.91 Å². The maximum absolute atomic E-state index is 12.8. The summed E-state index contributed by atoms with van der Waals surface area (Å²) >= 11 is 0. The van der Waals surface area contributed by atoms with E-state index < -0.39 is 0 Å². The van der Waals surface area contributed by atoms with Gasteiger partial charge >= 0.3 is 0 Å². The summed E-state index contributed by atoms with van der Waals surface area (Å²) in [6, 6.07) is 9.33. The number of carbonyl (C=O) groups excluding carboxylic acids is 1. The van der Waals surface area contributed by atoms with Crippen LogP contribution in [0.1, 0.15) is 40.9 Å². The van der Waals surface area contributed by atoms with Crippen LogP contribution in [0.3, 0.4) is 0 Å². The largest absolute Gasteiger partial charge is 0.463 e. The van der Waals surface area contributed by atoms with Gasteiger partial charge in [-0.25, -0.2) is 4.99 Å². The fourth-order valence-corrected chi connectivity index (χ4v) is 3.50. The molecule has 0 bridgehead atoms. The zero-order chi connectivity index (χ0) is 20.8. The predicted molar refractivity (Wildman–Crippen MR) is 118 cm³/mol. The molecule has 1 amide bonds. The van der Waals surface area contributed by atoms with Crippen LogP contribution >= 0.6 is 0 Å². The smallest absolute Gasteiger partial charge is 0.256 e. The maximum atomic E-state index is 12.8. The van der Waals surface area contributed by atoms with Crippen LogP contribution in [-0.4, -0.2) is 24.4 Å². The summed E-state index contributed by atoms with van der Waals surface area (Å²) in [4.78, 5) is 21.7. The van der Waals surface area contributed by atoms with Gasteiger partial charge in [0.1, 0.15) is 5.71 Å². The number of fused-ring (bicyclic) bond motifs is 1. The van der Waals surface area contributed by atoms with Crippen LogP contribution in [0.25, 0.3) is 0 Å². The number of nitrogens with two attached hydrogens (primary N) is 1. The Kier molecular flexibility index (Phi) is 6.18. The zero-order valence-electron chi connectivity index (χ0n) is 16.7. The Morgan fingerprint density at radius 1 is 1.30 bits per heavy atom. The molecule has 0 aliphatic carbocycles. The lowest BCUT2D eigenvalue weighted by Crippen LogP contribution is -2.21. The van der Waals surface area contributed by atoms with Crippen molar-refractivity contribution >= 4 is 23.5 Å². The molecule has 30 heavy (non-hydrogen) atoms. The van der Waals surface area contributed by atoms with Crippen molar-refractivity contribution in [2.45, 2.75) is 25.7 Å². The molecule has 3 N–H and O–H groups in total. The van der Waals surface area contributed by atoms with Gasteiger partial charge in [-0.15, -0.1) is 0 Å². The molecule has 2 aliphatic rings. The predicted octanol–water partition coefficient (Wildman–Crippen LogP) is 4.07. The second-order valence-electron chi connectivity index (χ2n) is 7.32. The van der Waals surface area contributed by atoms with Crippen molar-refractivity contribution < 1.29 is 9.21 Å². The first-order chi connectivity index (χ1) is 14.7. The number of rotatable bonds is 6. The van der Waals surface area contributed by atoms with Crippen LogP contribution in [-0.2, 0) is 6.42 Å². The lowest BCUT2D eigenvalue weighted by atomic mass is 9.96. The van der Waals surface area contributed by atoms with Gasteiger partial charge in [0.2, 0.25) is 0 Å². The average Bonchev–Trinajstić information content (AvgIpc) is 3.10.